The Labute approximate surface area is 140 Å². The average molecular weight is 328 g/mol. The predicted molar refractivity (Wildman–Crippen MR) is 92.6 cm³/mol. The standard InChI is InChI=1S/C19H18ClNO2/c20-17-8-5-14(6-9-17)7-10-19(22)21-12-15-11-16-3-1-2-4-18(16)23-13-15/h1-10,15H,11-13H2,(H,21,22)/b10-7+. The van der Waals surface area contributed by atoms with Gasteiger partial charge in [-0.3, -0.25) is 4.79 Å². The molecule has 2 aromatic rings. The number of rotatable bonds is 4. The zero-order chi connectivity index (χ0) is 16.1. The maximum atomic E-state index is 11.9. The van der Waals surface area contributed by atoms with Crippen LogP contribution in [0.4, 0.5) is 0 Å². The van der Waals surface area contributed by atoms with Gasteiger partial charge in [-0.2, -0.15) is 0 Å². The molecule has 3 nitrogen and oxygen atoms in total. The molecule has 4 heteroatoms. The van der Waals surface area contributed by atoms with E-state index in [0.717, 1.165) is 17.7 Å². The van der Waals surface area contributed by atoms with Gasteiger partial charge in [-0.25, -0.2) is 0 Å². The molecule has 1 aliphatic rings. The first-order valence-electron chi connectivity index (χ1n) is 7.63. The highest BCUT2D eigenvalue weighted by Gasteiger charge is 2.19. The summed E-state index contributed by atoms with van der Waals surface area (Å²) in [6.07, 6.45) is 4.25. The third-order valence-corrected chi connectivity index (χ3v) is 4.07. The quantitative estimate of drug-likeness (QED) is 0.869. The number of hydrogen-bond acceptors (Lipinski definition) is 2. The third kappa shape index (κ3) is 4.36. The Morgan fingerprint density at radius 3 is 2.83 bits per heavy atom. The Bertz CT molecular complexity index is 710. The maximum Gasteiger partial charge on any atom is 0.244 e. The van der Waals surface area contributed by atoms with Gasteiger partial charge in [0.2, 0.25) is 5.91 Å². The number of fused-ring (bicyclic) bond motifs is 1. The van der Waals surface area contributed by atoms with Crippen LogP contribution >= 0.6 is 11.6 Å². The molecule has 0 saturated heterocycles. The first-order chi connectivity index (χ1) is 11.2. The molecule has 118 valence electrons. The smallest absolute Gasteiger partial charge is 0.244 e. The van der Waals surface area contributed by atoms with E-state index in [1.54, 1.807) is 24.3 Å². The van der Waals surface area contributed by atoms with Crippen molar-refractivity contribution in [3.63, 3.8) is 0 Å². The lowest BCUT2D eigenvalue weighted by molar-refractivity contribution is -0.116. The molecule has 0 radical (unpaired) electrons. The molecule has 1 aliphatic heterocycles. The van der Waals surface area contributed by atoms with E-state index in [-0.39, 0.29) is 5.91 Å². The van der Waals surface area contributed by atoms with E-state index < -0.39 is 0 Å². The molecule has 2 aromatic carbocycles. The first kappa shape index (κ1) is 15.6. The largest absolute Gasteiger partial charge is 0.493 e. The minimum Gasteiger partial charge on any atom is -0.493 e. The second kappa shape index (κ2) is 7.34. The van der Waals surface area contributed by atoms with Crippen molar-refractivity contribution in [1.82, 2.24) is 5.32 Å². The highest BCUT2D eigenvalue weighted by atomic mass is 35.5. The van der Waals surface area contributed by atoms with Gasteiger partial charge in [-0.05, 0) is 41.8 Å². The van der Waals surface area contributed by atoms with Crippen LogP contribution in [-0.4, -0.2) is 19.1 Å². The Kier molecular flexibility index (Phi) is 4.99. The van der Waals surface area contributed by atoms with E-state index in [9.17, 15) is 4.79 Å². The summed E-state index contributed by atoms with van der Waals surface area (Å²) in [5.41, 5.74) is 2.15. The van der Waals surface area contributed by atoms with Crippen molar-refractivity contribution in [3.05, 3.63) is 70.8 Å². The number of nitrogens with one attached hydrogen (secondary N) is 1. The second-order valence-electron chi connectivity index (χ2n) is 5.62. The van der Waals surface area contributed by atoms with Gasteiger partial charge in [0.25, 0.3) is 0 Å². The van der Waals surface area contributed by atoms with Crippen molar-refractivity contribution in [3.8, 4) is 5.75 Å². The van der Waals surface area contributed by atoms with E-state index >= 15 is 0 Å². The van der Waals surface area contributed by atoms with Crippen molar-refractivity contribution in [2.45, 2.75) is 6.42 Å². The number of hydrogen-bond donors (Lipinski definition) is 1. The van der Waals surface area contributed by atoms with E-state index in [2.05, 4.69) is 11.4 Å². The van der Waals surface area contributed by atoms with Gasteiger partial charge in [0.05, 0.1) is 6.61 Å². The third-order valence-electron chi connectivity index (χ3n) is 3.82. The molecule has 1 unspecified atom stereocenters. The van der Waals surface area contributed by atoms with Crippen LogP contribution in [0, 0.1) is 5.92 Å². The molecule has 1 N–H and O–H groups in total. The minimum atomic E-state index is -0.0983. The number of carbonyl (C=O) groups is 1. The zero-order valence-corrected chi connectivity index (χ0v) is 13.4. The molecule has 1 atom stereocenters. The Morgan fingerprint density at radius 1 is 1.22 bits per heavy atom. The van der Waals surface area contributed by atoms with Gasteiger partial charge >= 0.3 is 0 Å². The van der Waals surface area contributed by atoms with Gasteiger partial charge in [-0.15, -0.1) is 0 Å². The van der Waals surface area contributed by atoms with Crippen molar-refractivity contribution in [2.24, 2.45) is 5.92 Å². The predicted octanol–water partition coefficient (Wildman–Crippen LogP) is 3.72. The normalized spacial score (nSPS) is 16.7. The van der Waals surface area contributed by atoms with Crippen LogP contribution in [0.1, 0.15) is 11.1 Å². The number of carbonyl (C=O) groups excluding carboxylic acids is 1. The van der Waals surface area contributed by atoms with Gasteiger partial charge in [0, 0.05) is 23.6 Å². The van der Waals surface area contributed by atoms with Crippen LogP contribution in [0.2, 0.25) is 5.02 Å². The molecule has 0 bridgehead atoms. The Balaban J connectivity index is 1.49. The molecule has 1 heterocycles. The molecular formula is C19H18ClNO2. The molecule has 0 spiro atoms. The number of ether oxygens (including phenoxy) is 1. The average Bonchev–Trinajstić information content (AvgIpc) is 2.59. The fraction of sp³-hybridized carbons (Fsp3) is 0.211. The SMILES string of the molecule is O=C(/C=C/c1ccc(Cl)cc1)NCC1COc2ccccc2C1. The summed E-state index contributed by atoms with van der Waals surface area (Å²) in [4.78, 5) is 11.9. The summed E-state index contributed by atoms with van der Waals surface area (Å²) < 4.78 is 5.73. The van der Waals surface area contributed by atoms with Crippen molar-refractivity contribution < 1.29 is 9.53 Å². The summed E-state index contributed by atoms with van der Waals surface area (Å²) in [5, 5.41) is 3.62. The van der Waals surface area contributed by atoms with Gasteiger partial charge in [-0.1, -0.05) is 41.9 Å². The van der Waals surface area contributed by atoms with Gasteiger partial charge < -0.3 is 10.1 Å². The molecule has 0 aromatic heterocycles. The maximum absolute atomic E-state index is 11.9. The topological polar surface area (TPSA) is 38.3 Å². The van der Waals surface area contributed by atoms with E-state index in [1.807, 2.05) is 30.3 Å². The highest BCUT2D eigenvalue weighted by molar-refractivity contribution is 6.30. The summed E-state index contributed by atoms with van der Waals surface area (Å²) in [7, 11) is 0. The second-order valence-corrected chi connectivity index (χ2v) is 6.06. The number of halogens is 1. The van der Waals surface area contributed by atoms with Crippen LogP contribution in [0.3, 0.4) is 0 Å². The fourth-order valence-corrected chi connectivity index (χ4v) is 2.70. The highest BCUT2D eigenvalue weighted by Crippen LogP contribution is 2.26. The van der Waals surface area contributed by atoms with E-state index in [0.29, 0.717) is 24.1 Å². The Hall–Kier alpha value is -2.26. The van der Waals surface area contributed by atoms with Crippen LogP contribution < -0.4 is 10.1 Å². The summed E-state index contributed by atoms with van der Waals surface area (Å²) >= 11 is 5.83. The van der Waals surface area contributed by atoms with Crippen molar-refractivity contribution in [1.29, 1.82) is 0 Å². The van der Waals surface area contributed by atoms with Crippen molar-refractivity contribution in [2.75, 3.05) is 13.2 Å². The lowest BCUT2D eigenvalue weighted by Gasteiger charge is -2.25. The van der Waals surface area contributed by atoms with Crippen LogP contribution in [-0.2, 0) is 11.2 Å². The zero-order valence-electron chi connectivity index (χ0n) is 12.7. The van der Waals surface area contributed by atoms with Gasteiger partial charge in [0.15, 0.2) is 0 Å². The first-order valence-corrected chi connectivity index (χ1v) is 8.01. The van der Waals surface area contributed by atoms with E-state index in [4.69, 9.17) is 16.3 Å². The molecular weight excluding hydrogens is 310 g/mol. The lowest BCUT2D eigenvalue weighted by Crippen LogP contribution is -2.33. The minimum absolute atomic E-state index is 0.0983. The van der Waals surface area contributed by atoms with E-state index in [1.165, 1.54) is 5.56 Å². The lowest BCUT2D eigenvalue weighted by atomic mass is 9.97. The van der Waals surface area contributed by atoms with Crippen molar-refractivity contribution >= 4 is 23.6 Å². The molecule has 0 fully saturated rings. The van der Waals surface area contributed by atoms with Crippen LogP contribution in [0.25, 0.3) is 6.08 Å². The fourth-order valence-electron chi connectivity index (χ4n) is 2.57. The van der Waals surface area contributed by atoms with Crippen LogP contribution in [0.5, 0.6) is 5.75 Å². The molecule has 0 saturated carbocycles. The van der Waals surface area contributed by atoms with Crippen LogP contribution in [0.15, 0.2) is 54.6 Å². The molecule has 1 amide bonds. The number of para-hydroxylation sites is 1. The molecule has 23 heavy (non-hydrogen) atoms. The summed E-state index contributed by atoms with van der Waals surface area (Å²) in [6.45, 7) is 1.25. The summed E-state index contributed by atoms with van der Waals surface area (Å²) in [5.74, 6) is 1.16. The number of amides is 1. The summed E-state index contributed by atoms with van der Waals surface area (Å²) in [6, 6.07) is 15.4. The van der Waals surface area contributed by atoms with Gasteiger partial charge in [0.1, 0.15) is 5.75 Å². The number of benzene rings is 2. The monoisotopic (exact) mass is 327 g/mol. The molecule has 3 rings (SSSR count). The Morgan fingerprint density at radius 2 is 2.00 bits per heavy atom. The molecule has 0 aliphatic carbocycles.